The molecule has 0 bridgehead atoms. The van der Waals surface area contributed by atoms with Crippen molar-refractivity contribution in [3.05, 3.63) is 35.9 Å². The zero-order valence-electron chi connectivity index (χ0n) is 13.5. The Morgan fingerprint density at radius 2 is 1.81 bits per heavy atom. The fourth-order valence-electron chi connectivity index (χ4n) is 3.78. The Hall–Kier alpha value is -0.900. The number of hydrogen-bond acceptors (Lipinski definition) is 3. The predicted octanol–water partition coefficient (Wildman–Crippen LogP) is 2.33. The molecule has 0 saturated carbocycles. The normalized spacial score (nSPS) is 25.0. The third-order valence-electron chi connectivity index (χ3n) is 4.92. The number of piperidine rings is 1. The largest absolute Gasteiger partial charge is 0.309 e. The van der Waals surface area contributed by atoms with Gasteiger partial charge in [0.05, 0.1) is 0 Å². The number of piperazine rings is 1. The summed E-state index contributed by atoms with van der Waals surface area (Å²) < 4.78 is 0. The van der Waals surface area contributed by atoms with Gasteiger partial charge in [0.1, 0.15) is 0 Å². The molecule has 2 fully saturated rings. The van der Waals surface area contributed by atoms with Crippen LogP contribution in [0, 0.1) is 0 Å². The Morgan fingerprint density at radius 3 is 2.48 bits per heavy atom. The second kappa shape index (κ2) is 6.47. The third-order valence-corrected chi connectivity index (χ3v) is 4.92. The zero-order valence-corrected chi connectivity index (χ0v) is 13.5. The molecule has 3 rings (SSSR count). The summed E-state index contributed by atoms with van der Waals surface area (Å²) in [7, 11) is 0. The smallest absolute Gasteiger partial charge is 0.0252 e. The van der Waals surface area contributed by atoms with Crippen molar-refractivity contribution in [3.63, 3.8) is 0 Å². The maximum Gasteiger partial charge on any atom is 0.0252 e. The van der Waals surface area contributed by atoms with E-state index < -0.39 is 0 Å². The summed E-state index contributed by atoms with van der Waals surface area (Å²) >= 11 is 0. The van der Waals surface area contributed by atoms with Crippen molar-refractivity contribution in [2.24, 2.45) is 0 Å². The van der Waals surface area contributed by atoms with Gasteiger partial charge in [-0.1, -0.05) is 30.3 Å². The van der Waals surface area contributed by atoms with Crippen molar-refractivity contribution in [3.8, 4) is 0 Å². The van der Waals surface area contributed by atoms with Crippen LogP contribution in [0.5, 0.6) is 0 Å². The van der Waals surface area contributed by atoms with Gasteiger partial charge < -0.3 is 5.32 Å². The fourth-order valence-corrected chi connectivity index (χ4v) is 3.78. The Labute approximate surface area is 129 Å². The summed E-state index contributed by atoms with van der Waals surface area (Å²) in [6.45, 7) is 11.8. The first-order valence-electron chi connectivity index (χ1n) is 8.38. The van der Waals surface area contributed by atoms with Crippen molar-refractivity contribution in [2.45, 2.75) is 44.8 Å². The average molecular weight is 287 g/mol. The summed E-state index contributed by atoms with van der Waals surface area (Å²) in [6.07, 6.45) is 2.64. The lowest BCUT2D eigenvalue weighted by Crippen LogP contribution is -2.60. The minimum atomic E-state index is 0.277. The van der Waals surface area contributed by atoms with Crippen molar-refractivity contribution in [1.29, 1.82) is 0 Å². The van der Waals surface area contributed by atoms with Gasteiger partial charge in [-0.3, -0.25) is 9.80 Å². The molecule has 2 aliphatic heterocycles. The van der Waals surface area contributed by atoms with Crippen LogP contribution >= 0.6 is 0 Å². The highest BCUT2D eigenvalue weighted by molar-refractivity contribution is 5.14. The molecule has 0 amide bonds. The van der Waals surface area contributed by atoms with E-state index in [4.69, 9.17) is 0 Å². The monoisotopic (exact) mass is 287 g/mol. The molecule has 0 spiro atoms. The highest BCUT2D eigenvalue weighted by atomic mass is 15.3. The number of hydrogen-bond donors (Lipinski definition) is 1. The van der Waals surface area contributed by atoms with Gasteiger partial charge in [0, 0.05) is 37.8 Å². The first-order valence-corrected chi connectivity index (χ1v) is 8.38. The summed E-state index contributed by atoms with van der Waals surface area (Å²) in [6, 6.07) is 11.7. The molecule has 116 valence electrons. The summed E-state index contributed by atoms with van der Waals surface area (Å²) in [5.41, 5.74) is 1.72. The van der Waals surface area contributed by atoms with Gasteiger partial charge in [0.15, 0.2) is 0 Å². The fraction of sp³-hybridized carbons (Fsp3) is 0.667. The summed E-state index contributed by atoms with van der Waals surface area (Å²) in [5, 5.41) is 3.62. The number of likely N-dealkylation sites (tertiary alicyclic amines) is 1. The van der Waals surface area contributed by atoms with Gasteiger partial charge in [-0.15, -0.1) is 0 Å². The Kier molecular flexibility index (Phi) is 4.63. The van der Waals surface area contributed by atoms with Crippen LogP contribution < -0.4 is 5.32 Å². The van der Waals surface area contributed by atoms with E-state index in [2.05, 4.69) is 59.3 Å². The van der Waals surface area contributed by atoms with Crippen LogP contribution in [0.4, 0.5) is 0 Å². The standard InChI is InChI=1S/C18H29N3/c1-18(2)15-21(13-10-19-18)17-8-11-20(12-9-17)14-16-6-4-3-5-7-16/h3-7,17,19H,8-15H2,1-2H3. The molecule has 2 aliphatic rings. The lowest BCUT2D eigenvalue weighted by Gasteiger charge is -2.45. The van der Waals surface area contributed by atoms with Crippen LogP contribution in [-0.2, 0) is 6.54 Å². The van der Waals surface area contributed by atoms with E-state index >= 15 is 0 Å². The zero-order chi connectivity index (χ0) is 14.7. The van der Waals surface area contributed by atoms with Crippen molar-refractivity contribution >= 4 is 0 Å². The van der Waals surface area contributed by atoms with Crippen LogP contribution in [-0.4, -0.2) is 54.1 Å². The van der Waals surface area contributed by atoms with E-state index in [9.17, 15) is 0 Å². The van der Waals surface area contributed by atoms with Gasteiger partial charge in [-0.25, -0.2) is 0 Å². The minimum Gasteiger partial charge on any atom is -0.309 e. The van der Waals surface area contributed by atoms with Crippen molar-refractivity contribution in [2.75, 3.05) is 32.7 Å². The molecule has 1 aromatic rings. The highest BCUT2D eigenvalue weighted by Gasteiger charge is 2.31. The molecule has 21 heavy (non-hydrogen) atoms. The van der Waals surface area contributed by atoms with E-state index in [1.54, 1.807) is 0 Å². The molecule has 0 aromatic heterocycles. The lowest BCUT2D eigenvalue weighted by atomic mass is 9.96. The van der Waals surface area contributed by atoms with Crippen molar-refractivity contribution < 1.29 is 0 Å². The second-order valence-electron chi connectivity index (χ2n) is 7.27. The molecule has 1 aromatic carbocycles. The number of nitrogens with zero attached hydrogens (tertiary/aromatic N) is 2. The van der Waals surface area contributed by atoms with Crippen LogP contribution in [0.25, 0.3) is 0 Å². The van der Waals surface area contributed by atoms with E-state index in [-0.39, 0.29) is 5.54 Å². The molecule has 0 aliphatic carbocycles. The number of rotatable bonds is 3. The van der Waals surface area contributed by atoms with Gasteiger partial charge in [0.2, 0.25) is 0 Å². The van der Waals surface area contributed by atoms with Gasteiger partial charge in [-0.2, -0.15) is 0 Å². The van der Waals surface area contributed by atoms with Gasteiger partial charge in [0.25, 0.3) is 0 Å². The molecule has 3 nitrogen and oxygen atoms in total. The first-order chi connectivity index (χ1) is 10.1. The SMILES string of the molecule is CC1(C)CN(C2CCN(Cc3ccccc3)CC2)CCN1. The lowest BCUT2D eigenvalue weighted by molar-refractivity contribution is 0.0624. The minimum absolute atomic E-state index is 0.277. The highest BCUT2D eigenvalue weighted by Crippen LogP contribution is 2.21. The van der Waals surface area contributed by atoms with Crippen LogP contribution in [0.15, 0.2) is 30.3 Å². The Bertz CT molecular complexity index is 435. The van der Waals surface area contributed by atoms with E-state index in [0.29, 0.717) is 0 Å². The van der Waals surface area contributed by atoms with Crippen molar-refractivity contribution in [1.82, 2.24) is 15.1 Å². The first kappa shape index (κ1) is 15.0. The van der Waals surface area contributed by atoms with Crippen LogP contribution in [0.2, 0.25) is 0 Å². The van der Waals surface area contributed by atoms with Crippen LogP contribution in [0.1, 0.15) is 32.3 Å². The summed E-state index contributed by atoms with van der Waals surface area (Å²) in [5.74, 6) is 0. The Morgan fingerprint density at radius 1 is 1.10 bits per heavy atom. The molecule has 0 radical (unpaired) electrons. The number of benzene rings is 1. The molecule has 2 saturated heterocycles. The Balaban J connectivity index is 1.49. The predicted molar refractivity (Wildman–Crippen MR) is 88.4 cm³/mol. The molecule has 1 N–H and O–H groups in total. The van der Waals surface area contributed by atoms with Gasteiger partial charge in [-0.05, 0) is 45.3 Å². The molecule has 2 heterocycles. The molecule has 0 atom stereocenters. The molecular weight excluding hydrogens is 258 g/mol. The van der Waals surface area contributed by atoms with E-state index in [1.165, 1.54) is 44.6 Å². The number of nitrogens with one attached hydrogen (secondary N) is 1. The average Bonchev–Trinajstić information content (AvgIpc) is 2.48. The molecule has 0 unspecified atom stereocenters. The van der Waals surface area contributed by atoms with Crippen LogP contribution in [0.3, 0.4) is 0 Å². The maximum atomic E-state index is 3.62. The quantitative estimate of drug-likeness (QED) is 0.920. The topological polar surface area (TPSA) is 18.5 Å². The second-order valence-corrected chi connectivity index (χ2v) is 7.27. The maximum absolute atomic E-state index is 3.62. The van der Waals surface area contributed by atoms with E-state index in [0.717, 1.165) is 19.1 Å². The van der Waals surface area contributed by atoms with Gasteiger partial charge >= 0.3 is 0 Å². The van der Waals surface area contributed by atoms with E-state index in [1.807, 2.05) is 0 Å². The molecule has 3 heteroatoms. The summed E-state index contributed by atoms with van der Waals surface area (Å²) in [4.78, 5) is 5.33. The molecular formula is C18H29N3. The third kappa shape index (κ3) is 4.06.